The van der Waals surface area contributed by atoms with Crippen LogP contribution in [0.1, 0.15) is 20.8 Å². The molecule has 16 heavy (non-hydrogen) atoms. The van der Waals surface area contributed by atoms with Crippen LogP contribution >= 0.6 is 27.5 Å². The van der Waals surface area contributed by atoms with Gasteiger partial charge in [0.15, 0.2) is 0 Å². The van der Waals surface area contributed by atoms with Gasteiger partial charge in [0.05, 0.1) is 17.7 Å². The number of benzene rings is 1. The summed E-state index contributed by atoms with van der Waals surface area (Å²) in [4.78, 5) is 0. The number of hydrogen-bond donors (Lipinski definition) is 2. The first-order chi connectivity index (χ1) is 7.34. The van der Waals surface area contributed by atoms with E-state index in [1.54, 1.807) is 0 Å². The van der Waals surface area contributed by atoms with Gasteiger partial charge in [-0.3, -0.25) is 0 Å². The zero-order valence-corrected chi connectivity index (χ0v) is 12.1. The van der Waals surface area contributed by atoms with Gasteiger partial charge in [0.25, 0.3) is 0 Å². The van der Waals surface area contributed by atoms with Crippen molar-refractivity contribution in [1.29, 1.82) is 0 Å². The highest BCUT2D eigenvalue weighted by Gasteiger charge is 2.23. The van der Waals surface area contributed by atoms with Gasteiger partial charge >= 0.3 is 0 Å². The molecular weight excluding hydrogens is 289 g/mol. The van der Waals surface area contributed by atoms with Crippen molar-refractivity contribution in [3.8, 4) is 0 Å². The number of nitrogens with one attached hydrogen (secondary N) is 1. The Kier molecular flexibility index (Phi) is 4.65. The van der Waals surface area contributed by atoms with E-state index in [4.69, 9.17) is 11.6 Å². The van der Waals surface area contributed by atoms with E-state index in [9.17, 15) is 5.11 Å². The molecule has 0 aliphatic carbocycles. The smallest absolute Gasteiger partial charge is 0.0637 e. The summed E-state index contributed by atoms with van der Waals surface area (Å²) < 4.78 is 0.852. The molecule has 0 aromatic heterocycles. The topological polar surface area (TPSA) is 32.3 Å². The maximum atomic E-state index is 9.35. The normalized spacial score (nSPS) is 13.6. The number of aliphatic hydroxyl groups excluding tert-OH is 1. The van der Waals surface area contributed by atoms with Crippen LogP contribution in [0.5, 0.6) is 0 Å². The maximum Gasteiger partial charge on any atom is 0.0637 e. The van der Waals surface area contributed by atoms with Gasteiger partial charge in [0, 0.05) is 10.2 Å². The van der Waals surface area contributed by atoms with Crippen LogP contribution < -0.4 is 5.32 Å². The van der Waals surface area contributed by atoms with Gasteiger partial charge in [-0.15, -0.1) is 0 Å². The third kappa shape index (κ3) is 3.65. The van der Waals surface area contributed by atoms with Crippen molar-refractivity contribution in [1.82, 2.24) is 0 Å². The van der Waals surface area contributed by atoms with Gasteiger partial charge in [-0.25, -0.2) is 0 Å². The van der Waals surface area contributed by atoms with E-state index in [1.165, 1.54) is 0 Å². The summed E-state index contributed by atoms with van der Waals surface area (Å²) in [6.07, 6.45) is 0. The average Bonchev–Trinajstić information content (AvgIpc) is 2.18. The number of rotatable bonds is 3. The monoisotopic (exact) mass is 305 g/mol. The molecule has 0 bridgehead atoms. The second-order valence-electron chi connectivity index (χ2n) is 4.87. The summed E-state index contributed by atoms with van der Waals surface area (Å²) in [6.45, 7) is 6.37. The maximum absolute atomic E-state index is 9.35. The molecule has 2 N–H and O–H groups in total. The van der Waals surface area contributed by atoms with Crippen molar-refractivity contribution >= 4 is 33.2 Å². The SMILES string of the molecule is CC(C)(C)C(CO)Nc1ccc(Cl)c(Br)c1. The lowest BCUT2D eigenvalue weighted by Crippen LogP contribution is -2.37. The highest BCUT2D eigenvalue weighted by molar-refractivity contribution is 9.10. The molecule has 4 heteroatoms. The van der Waals surface area contributed by atoms with Crippen LogP contribution in [0.15, 0.2) is 22.7 Å². The van der Waals surface area contributed by atoms with Crippen LogP contribution in [0.4, 0.5) is 5.69 Å². The van der Waals surface area contributed by atoms with Crippen LogP contribution in [-0.4, -0.2) is 17.8 Å². The zero-order valence-electron chi connectivity index (χ0n) is 9.72. The summed E-state index contributed by atoms with van der Waals surface area (Å²) >= 11 is 9.29. The zero-order chi connectivity index (χ0) is 12.3. The molecule has 0 aliphatic rings. The number of halogens is 2. The number of aliphatic hydroxyl groups is 1. The summed E-state index contributed by atoms with van der Waals surface area (Å²) in [5, 5.41) is 13.3. The first-order valence-corrected chi connectivity index (χ1v) is 6.34. The van der Waals surface area contributed by atoms with Gasteiger partial charge < -0.3 is 10.4 Å². The molecule has 0 heterocycles. The molecule has 0 spiro atoms. The van der Waals surface area contributed by atoms with E-state index in [-0.39, 0.29) is 18.1 Å². The molecule has 1 atom stereocenters. The Morgan fingerprint density at radius 1 is 1.44 bits per heavy atom. The highest BCUT2D eigenvalue weighted by atomic mass is 79.9. The van der Waals surface area contributed by atoms with Gasteiger partial charge in [-0.05, 0) is 39.5 Å². The largest absolute Gasteiger partial charge is 0.394 e. The Balaban J connectivity index is 2.83. The molecule has 0 aliphatic heterocycles. The quantitative estimate of drug-likeness (QED) is 0.887. The van der Waals surface area contributed by atoms with Crippen LogP contribution in [-0.2, 0) is 0 Å². The van der Waals surface area contributed by atoms with Crippen molar-refractivity contribution in [3.05, 3.63) is 27.7 Å². The van der Waals surface area contributed by atoms with Crippen molar-refractivity contribution in [2.45, 2.75) is 26.8 Å². The third-order valence-corrected chi connectivity index (χ3v) is 3.70. The Bertz CT molecular complexity index is 363. The van der Waals surface area contributed by atoms with Crippen molar-refractivity contribution in [2.75, 3.05) is 11.9 Å². The fourth-order valence-electron chi connectivity index (χ4n) is 1.32. The lowest BCUT2D eigenvalue weighted by molar-refractivity contribution is 0.202. The van der Waals surface area contributed by atoms with Crippen LogP contribution in [0.25, 0.3) is 0 Å². The van der Waals surface area contributed by atoms with Crippen LogP contribution in [0.2, 0.25) is 5.02 Å². The van der Waals surface area contributed by atoms with E-state index < -0.39 is 0 Å². The minimum atomic E-state index is 0.000855. The lowest BCUT2D eigenvalue weighted by atomic mass is 9.87. The summed E-state index contributed by atoms with van der Waals surface area (Å²) in [7, 11) is 0. The summed E-state index contributed by atoms with van der Waals surface area (Å²) in [5.41, 5.74) is 0.950. The first-order valence-electron chi connectivity index (χ1n) is 5.17. The molecule has 2 nitrogen and oxygen atoms in total. The molecule has 1 rings (SSSR count). The van der Waals surface area contributed by atoms with Crippen molar-refractivity contribution < 1.29 is 5.11 Å². The fraction of sp³-hybridized carbons (Fsp3) is 0.500. The van der Waals surface area contributed by atoms with Crippen molar-refractivity contribution in [2.24, 2.45) is 5.41 Å². The van der Waals surface area contributed by atoms with E-state index in [0.29, 0.717) is 5.02 Å². The Hall–Kier alpha value is -0.250. The predicted molar refractivity (Wildman–Crippen MR) is 73.1 cm³/mol. The van der Waals surface area contributed by atoms with Gasteiger partial charge in [0.1, 0.15) is 0 Å². The lowest BCUT2D eigenvalue weighted by Gasteiger charge is -2.30. The van der Waals surface area contributed by atoms with E-state index >= 15 is 0 Å². The molecule has 1 unspecified atom stereocenters. The van der Waals surface area contributed by atoms with Crippen molar-refractivity contribution in [3.63, 3.8) is 0 Å². The van der Waals surface area contributed by atoms with Gasteiger partial charge in [-0.2, -0.15) is 0 Å². The Morgan fingerprint density at radius 3 is 2.50 bits per heavy atom. The minimum Gasteiger partial charge on any atom is -0.394 e. The third-order valence-electron chi connectivity index (χ3n) is 2.49. The molecule has 0 saturated carbocycles. The standard InChI is InChI=1S/C12H17BrClNO/c1-12(2,3)11(7-16)15-8-4-5-10(14)9(13)6-8/h4-6,11,15-16H,7H2,1-3H3. The number of hydrogen-bond acceptors (Lipinski definition) is 2. The summed E-state index contributed by atoms with van der Waals surface area (Å²) in [5.74, 6) is 0. The Labute approximate surface area is 110 Å². The summed E-state index contributed by atoms with van der Waals surface area (Å²) in [6, 6.07) is 5.66. The number of anilines is 1. The van der Waals surface area contributed by atoms with Gasteiger partial charge in [0.2, 0.25) is 0 Å². The van der Waals surface area contributed by atoms with Crippen LogP contribution in [0, 0.1) is 5.41 Å². The molecule has 1 aromatic carbocycles. The first kappa shape index (κ1) is 13.8. The van der Waals surface area contributed by atoms with Crippen LogP contribution in [0.3, 0.4) is 0 Å². The van der Waals surface area contributed by atoms with E-state index in [1.807, 2.05) is 18.2 Å². The second kappa shape index (κ2) is 5.39. The van der Waals surface area contributed by atoms with Gasteiger partial charge in [-0.1, -0.05) is 32.4 Å². The molecule has 0 radical (unpaired) electrons. The second-order valence-corrected chi connectivity index (χ2v) is 6.14. The van der Waals surface area contributed by atoms with E-state index in [0.717, 1.165) is 10.2 Å². The molecule has 0 fully saturated rings. The average molecular weight is 307 g/mol. The predicted octanol–water partition coefficient (Wildman–Crippen LogP) is 3.92. The molecule has 90 valence electrons. The molecule has 1 aromatic rings. The molecular formula is C12H17BrClNO. The van der Waals surface area contributed by atoms with E-state index in [2.05, 4.69) is 42.0 Å². The highest BCUT2D eigenvalue weighted by Crippen LogP contribution is 2.28. The minimum absolute atomic E-state index is 0.000855. The Morgan fingerprint density at radius 2 is 2.06 bits per heavy atom. The fourth-order valence-corrected chi connectivity index (χ4v) is 1.82. The molecule has 0 amide bonds. The molecule has 0 saturated heterocycles.